The minimum Gasteiger partial charge on any atom is -0.466 e. The molecule has 0 aliphatic rings. The van der Waals surface area contributed by atoms with Gasteiger partial charge in [0.25, 0.3) is 0 Å². The van der Waals surface area contributed by atoms with Gasteiger partial charge in [-0.2, -0.15) is 0 Å². The van der Waals surface area contributed by atoms with Gasteiger partial charge in [0.05, 0.1) is 25.4 Å². The highest BCUT2D eigenvalue weighted by Crippen LogP contribution is 2.04. The second-order valence-electron chi connectivity index (χ2n) is 4.42. The molecule has 3 N–H and O–H groups in total. The summed E-state index contributed by atoms with van der Waals surface area (Å²) in [6.07, 6.45) is 3.12. The second-order valence-corrected chi connectivity index (χ2v) is 4.42. The molecule has 5 heteroatoms. The maximum atomic E-state index is 11.0. The van der Waals surface area contributed by atoms with E-state index in [9.17, 15) is 4.79 Å². The van der Waals surface area contributed by atoms with E-state index in [0.29, 0.717) is 13.0 Å². The Morgan fingerprint density at radius 1 is 1.24 bits per heavy atom. The Morgan fingerprint density at radius 2 is 1.88 bits per heavy atom. The van der Waals surface area contributed by atoms with Gasteiger partial charge in [0.2, 0.25) is 0 Å². The van der Waals surface area contributed by atoms with E-state index < -0.39 is 5.54 Å². The van der Waals surface area contributed by atoms with Crippen molar-refractivity contribution in [2.45, 2.75) is 45.1 Å². The number of nitrogens with one attached hydrogen (secondary N) is 1. The standard InChI is InChI=1S/C12H25NO4/c1-3-17-11(16)7-5-4-6-8-13-12(2,9-14)10-15/h13-15H,3-10H2,1-2H3. The molecule has 0 fully saturated rings. The van der Waals surface area contributed by atoms with E-state index in [1.807, 2.05) is 0 Å². The average Bonchev–Trinajstić information content (AvgIpc) is 2.33. The summed E-state index contributed by atoms with van der Waals surface area (Å²) >= 11 is 0. The Morgan fingerprint density at radius 3 is 2.41 bits per heavy atom. The van der Waals surface area contributed by atoms with Crippen molar-refractivity contribution in [3.63, 3.8) is 0 Å². The molecule has 5 nitrogen and oxygen atoms in total. The number of ether oxygens (including phenoxy) is 1. The smallest absolute Gasteiger partial charge is 0.305 e. The molecule has 0 aliphatic carbocycles. The molecule has 0 aliphatic heterocycles. The lowest BCUT2D eigenvalue weighted by atomic mass is 10.1. The highest BCUT2D eigenvalue weighted by molar-refractivity contribution is 5.69. The maximum absolute atomic E-state index is 11.0. The molecule has 0 amide bonds. The minimum absolute atomic E-state index is 0.0909. The van der Waals surface area contributed by atoms with Crippen molar-refractivity contribution >= 4 is 5.97 Å². The van der Waals surface area contributed by atoms with Gasteiger partial charge in [-0.05, 0) is 33.2 Å². The molecule has 0 spiro atoms. The lowest BCUT2D eigenvalue weighted by Gasteiger charge is -2.26. The van der Waals surface area contributed by atoms with Crippen molar-refractivity contribution in [2.24, 2.45) is 0 Å². The van der Waals surface area contributed by atoms with Gasteiger partial charge in [-0.1, -0.05) is 6.42 Å². The highest BCUT2D eigenvalue weighted by atomic mass is 16.5. The Balaban J connectivity index is 3.43. The fourth-order valence-electron chi connectivity index (χ4n) is 1.36. The van der Waals surface area contributed by atoms with Crippen molar-refractivity contribution in [3.8, 4) is 0 Å². The summed E-state index contributed by atoms with van der Waals surface area (Å²) in [6, 6.07) is 0. The molecule has 102 valence electrons. The topological polar surface area (TPSA) is 78.8 Å². The largest absolute Gasteiger partial charge is 0.466 e. The second kappa shape index (κ2) is 9.39. The molecule has 0 aromatic carbocycles. The highest BCUT2D eigenvalue weighted by Gasteiger charge is 2.20. The van der Waals surface area contributed by atoms with E-state index in [0.717, 1.165) is 25.8 Å². The number of hydrogen-bond donors (Lipinski definition) is 3. The fraction of sp³-hybridized carbons (Fsp3) is 0.917. The van der Waals surface area contributed by atoms with Gasteiger partial charge in [0.1, 0.15) is 0 Å². The predicted octanol–water partition coefficient (Wildman–Crippen LogP) is 0.443. The quantitative estimate of drug-likeness (QED) is 0.386. The van der Waals surface area contributed by atoms with E-state index >= 15 is 0 Å². The van der Waals surface area contributed by atoms with Crippen LogP contribution in [-0.2, 0) is 9.53 Å². The van der Waals surface area contributed by atoms with Gasteiger partial charge in [-0.3, -0.25) is 4.79 Å². The Labute approximate surface area is 103 Å². The number of esters is 1. The van der Waals surface area contributed by atoms with Gasteiger partial charge >= 0.3 is 5.97 Å². The van der Waals surface area contributed by atoms with Crippen LogP contribution in [0.1, 0.15) is 39.5 Å². The van der Waals surface area contributed by atoms with E-state index in [2.05, 4.69) is 5.32 Å². The lowest BCUT2D eigenvalue weighted by molar-refractivity contribution is -0.143. The van der Waals surface area contributed by atoms with Crippen LogP contribution >= 0.6 is 0 Å². The molecule has 0 atom stereocenters. The molecule has 0 unspecified atom stereocenters. The van der Waals surface area contributed by atoms with Crippen LogP contribution in [0.3, 0.4) is 0 Å². The Hall–Kier alpha value is -0.650. The van der Waals surface area contributed by atoms with Gasteiger partial charge in [-0.15, -0.1) is 0 Å². The minimum atomic E-state index is -0.610. The van der Waals surface area contributed by atoms with Crippen LogP contribution < -0.4 is 5.32 Å². The molecule has 0 radical (unpaired) electrons. The lowest BCUT2D eigenvalue weighted by Crippen LogP contribution is -2.49. The first-order valence-corrected chi connectivity index (χ1v) is 6.20. The zero-order valence-electron chi connectivity index (χ0n) is 10.9. The molecular weight excluding hydrogens is 222 g/mol. The molecule has 17 heavy (non-hydrogen) atoms. The third-order valence-electron chi connectivity index (χ3n) is 2.61. The van der Waals surface area contributed by atoms with Crippen molar-refractivity contribution in [1.29, 1.82) is 0 Å². The molecule has 0 aromatic rings. The van der Waals surface area contributed by atoms with Crippen molar-refractivity contribution in [1.82, 2.24) is 5.32 Å². The van der Waals surface area contributed by atoms with Crippen LogP contribution in [0.5, 0.6) is 0 Å². The first-order chi connectivity index (χ1) is 8.08. The summed E-state index contributed by atoms with van der Waals surface area (Å²) in [5.74, 6) is -0.143. The normalized spacial score (nSPS) is 11.5. The van der Waals surface area contributed by atoms with Crippen molar-refractivity contribution in [2.75, 3.05) is 26.4 Å². The van der Waals surface area contributed by atoms with Crippen LogP contribution in [-0.4, -0.2) is 48.1 Å². The zero-order chi connectivity index (χ0) is 13.1. The third kappa shape index (κ3) is 8.12. The molecular formula is C12H25NO4. The number of aliphatic hydroxyl groups excluding tert-OH is 2. The zero-order valence-corrected chi connectivity index (χ0v) is 10.9. The van der Waals surface area contributed by atoms with E-state index in [1.54, 1.807) is 13.8 Å². The van der Waals surface area contributed by atoms with Crippen LogP contribution in [0.2, 0.25) is 0 Å². The molecule has 0 heterocycles. The van der Waals surface area contributed by atoms with Crippen LogP contribution in [0.25, 0.3) is 0 Å². The van der Waals surface area contributed by atoms with Crippen LogP contribution in [0.4, 0.5) is 0 Å². The molecule has 0 bridgehead atoms. The third-order valence-corrected chi connectivity index (χ3v) is 2.61. The van der Waals surface area contributed by atoms with Gasteiger partial charge in [-0.25, -0.2) is 0 Å². The predicted molar refractivity (Wildman–Crippen MR) is 65.7 cm³/mol. The Bertz CT molecular complexity index is 205. The average molecular weight is 247 g/mol. The molecule has 0 saturated carbocycles. The van der Waals surface area contributed by atoms with E-state index in [4.69, 9.17) is 14.9 Å². The first-order valence-electron chi connectivity index (χ1n) is 6.20. The number of unbranched alkanes of at least 4 members (excludes halogenated alkanes) is 2. The Kier molecular flexibility index (Phi) is 9.03. The molecule has 0 aromatic heterocycles. The van der Waals surface area contributed by atoms with Crippen LogP contribution in [0, 0.1) is 0 Å². The van der Waals surface area contributed by atoms with Crippen LogP contribution in [0.15, 0.2) is 0 Å². The number of hydrogen-bond acceptors (Lipinski definition) is 5. The molecule has 0 rings (SSSR count). The SMILES string of the molecule is CCOC(=O)CCCCCNC(C)(CO)CO. The number of carbonyl (C=O) groups is 1. The summed E-state index contributed by atoms with van der Waals surface area (Å²) in [7, 11) is 0. The van der Waals surface area contributed by atoms with E-state index in [1.165, 1.54) is 0 Å². The number of rotatable bonds is 10. The van der Waals surface area contributed by atoms with Crippen molar-refractivity contribution in [3.05, 3.63) is 0 Å². The summed E-state index contributed by atoms with van der Waals surface area (Å²) < 4.78 is 4.82. The molecule has 0 saturated heterocycles. The summed E-state index contributed by atoms with van der Waals surface area (Å²) in [5.41, 5.74) is -0.610. The first kappa shape index (κ1) is 16.4. The van der Waals surface area contributed by atoms with Gasteiger partial charge < -0.3 is 20.3 Å². The summed E-state index contributed by atoms with van der Waals surface area (Å²) in [5, 5.41) is 21.2. The van der Waals surface area contributed by atoms with E-state index in [-0.39, 0.29) is 19.2 Å². The fourth-order valence-corrected chi connectivity index (χ4v) is 1.36. The maximum Gasteiger partial charge on any atom is 0.305 e. The van der Waals surface area contributed by atoms with Gasteiger partial charge in [0, 0.05) is 6.42 Å². The number of aliphatic hydroxyl groups is 2. The summed E-state index contributed by atoms with van der Waals surface area (Å²) in [6.45, 7) is 4.54. The van der Waals surface area contributed by atoms with Crippen molar-refractivity contribution < 1.29 is 19.7 Å². The number of carbonyl (C=O) groups excluding carboxylic acids is 1. The van der Waals surface area contributed by atoms with Gasteiger partial charge in [0.15, 0.2) is 0 Å². The summed E-state index contributed by atoms with van der Waals surface area (Å²) in [4.78, 5) is 11.0. The monoisotopic (exact) mass is 247 g/mol.